The molecule has 0 N–H and O–H groups in total. The molecule has 60 heavy (non-hydrogen) atoms. The number of hydrogen-bond acceptors (Lipinski definition) is 7. The maximum Gasteiger partial charge on any atom is 0.161 e. The third-order valence-corrected chi connectivity index (χ3v) is 11.8. The molecule has 0 saturated carbocycles. The van der Waals surface area contributed by atoms with E-state index in [1.165, 1.54) is 103 Å². The van der Waals surface area contributed by atoms with Crippen molar-refractivity contribution < 1.29 is 18.9 Å². The topological polar surface area (TPSA) is 86.5 Å². The molecule has 1 heterocycles. The quantitative estimate of drug-likeness (QED) is 0.0243. The molecular formula is C53H75N3O4. The summed E-state index contributed by atoms with van der Waals surface area (Å²) in [6.45, 7) is 11.6. The number of ether oxygens (including phenoxy) is 4. The van der Waals surface area contributed by atoms with Crippen molar-refractivity contribution in [3.63, 3.8) is 0 Å². The van der Waals surface area contributed by atoms with Gasteiger partial charge < -0.3 is 18.9 Å². The summed E-state index contributed by atoms with van der Waals surface area (Å²) in [4.78, 5) is 10.5. The molecule has 0 spiro atoms. The van der Waals surface area contributed by atoms with E-state index in [0.717, 1.165) is 112 Å². The van der Waals surface area contributed by atoms with E-state index in [9.17, 15) is 5.26 Å². The van der Waals surface area contributed by atoms with E-state index in [-0.39, 0.29) is 0 Å². The number of aromatic nitrogens is 2. The van der Waals surface area contributed by atoms with E-state index >= 15 is 0 Å². The highest BCUT2D eigenvalue weighted by Gasteiger charge is 2.20. The molecular weight excluding hydrogens is 743 g/mol. The molecule has 1 aromatic heterocycles. The Morgan fingerprint density at radius 2 is 0.700 bits per heavy atom. The first-order chi connectivity index (χ1) is 29.6. The smallest absolute Gasteiger partial charge is 0.161 e. The van der Waals surface area contributed by atoms with Crippen molar-refractivity contribution in [2.75, 3.05) is 26.4 Å². The highest BCUT2D eigenvalue weighted by molar-refractivity contribution is 6.25. The number of hydrogen-bond donors (Lipinski definition) is 0. The molecule has 4 aromatic carbocycles. The average molecular weight is 818 g/mol. The van der Waals surface area contributed by atoms with Gasteiger partial charge in [-0.15, -0.1) is 0 Å². The minimum absolute atomic E-state index is 0.562. The third-order valence-electron chi connectivity index (χ3n) is 11.8. The Morgan fingerprint density at radius 1 is 0.383 bits per heavy atom. The van der Waals surface area contributed by atoms with Gasteiger partial charge in [-0.1, -0.05) is 156 Å². The fourth-order valence-electron chi connectivity index (χ4n) is 8.17. The summed E-state index contributed by atoms with van der Waals surface area (Å²) in [5, 5.41) is 13.7. The standard InChI is InChI=1S/C53H75N3O4/c1-5-9-13-17-21-25-31-57-48-36-42-43-37-49(58-32-26-22-18-14-10-6-2)51(60-34-28-24-20-16-12-8-4)39-45(43)53-52(55-46-30-29-41(40-54)35-47(46)56-53)44(42)38-50(48)59-33-27-23-19-15-11-7-3/h29-30,35-39H,5-28,31-34H2,1-4H3. The Kier molecular flexibility index (Phi) is 20.9. The van der Waals surface area contributed by atoms with Crippen LogP contribution in [-0.2, 0) is 0 Å². The Bertz CT molecular complexity index is 2070. The van der Waals surface area contributed by atoms with Crippen LogP contribution in [0.15, 0.2) is 42.5 Å². The van der Waals surface area contributed by atoms with Crippen LogP contribution in [0.2, 0.25) is 0 Å². The van der Waals surface area contributed by atoms with Crippen LogP contribution < -0.4 is 18.9 Å². The molecule has 0 atom stereocenters. The van der Waals surface area contributed by atoms with Gasteiger partial charge >= 0.3 is 0 Å². The maximum atomic E-state index is 9.77. The second-order valence-electron chi connectivity index (χ2n) is 16.9. The normalized spacial score (nSPS) is 11.5. The second-order valence-corrected chi connectivity index (χ2v) is 16.9. The largest absolute Gasteiger partial charge is 0.490 e. The summed E-state index contributed by atoms with van der Waals surface area (Å²) in [6, 6.07) is 16.4. The Balaban J connectivity index is 1.59. The number of fused-ring (bicyclic) bond motifs is 7. The molecule has 0 bridgehead atoms. The molecule has 7 heteroatoms. The van der Waals surface area contributed by atoms with Crippen molar-refractivity contribution >= 4 is 43.6 Å². The highest BCUT2D eigenvalue weighted by Crippen LogP contribution is 2.44. The first-order valence-corrected chi connectivity index (χ1v) is 24.2. The number of nitriles is 1. The Morgan fingerprint density at radius 3 is 1.05 bits per heavy atom. The zero-order valence-electron chi connectivity index (χ0n) is 37.8. The molecule has 326 valence electrons. The number of rotatable bonds is 32. The molecule has 0 amide bonds. The van der Waals surface area contributed by atoms with E-state index in [2.05, 4.69) is 58.0 Å². The van der Waals surface area contributed by atoms with Gasteiger partial charge in [0.15, 0.2) is 23.0 Å². The second kappa shape index (κ2) is 26.8. The van der Waals surface area contributed by atoms with Crippen molar-refractivity contribution in [3.05, 3.63) is 48.0 Å². The van der Waals surface area contributed by atoms with Gasteiger partial charge in [0, 0.05) is 10.8 Å². The molecule has 0 radical (unpaired) electrons. The van der Waals surface area contributed by atoms with E-state index in [1.54, 1.807) is 0 Å². The Labute approximate surface area is 361 Å². The number of unbranched alkanes of at least 4 members (excludes halogenated alkanes) is 20. The minimum atomic E-state index is 0.562. The van der Waals surface area contributed by atoms with Gasteiger partial charge in [0.1, 0.15) is 0 Å². The predicted molar refractivity (Wildman–Crippen MR) is 252 cm³/mol. The van der Waals surface area contributed by atoms with Crippen LogP contribution >= 0.6 is 0 Å². The lowest BCUT2D eigenvalue weighted by molar-refractivity contribution is 0.259. The maximum absolute atomic E-state index is 9.77. The van der Waals surface area contributed by atoms with Crippen molar-refractivity contribution in [1.29, 1.82) is 5.26 Å². The van der Waals surface area contributed by atoms with Gasteiger partial charge in [-0.25, -0.2) is 9.97 Å². The van der Waals surface area contributed by atoms with E-state index < -0.39 is 0 Å². The van der Waals surface area contributed by atoms with Crippen molar-refractivity contribution in [3.8, 4) is 29.1 Å². The van der Waals surface area contributed by atoms with Gasteiger partial charge in [0.05, 0.1) is 60.1 Å². The summed E-state index contributed by atoms with van der Waals surface area (Å²) < 4.78 is 26.5. The number of benzene rings is 4. The molecule has 0 saturated heterocycles. The van der Waals surface area contributed by atoms with Crippen molar-refractivity contribution in [2.45, 2.75) is 182 Å². The van der Waals surface area contributed by atoms with E-state index in [4.69, 9.17) is 28.9 Å². The SMILES string of the molecule is CCCCCCCCOc1cc2c3cc(OCCCCCCCC)c(OCCCCCCCC)cc3c3nc4cc(C#N)ccc4nc3c2cc1OCCCCCCCC. The Hall–Kier alpha value is -4.31. The lowest BCUT2D eigenvalue weighted by Crippen LogP contribution is -2.04. The van der Waals surface area contributed by atoms with Crippen LogP contribution in [0.4, 0.5) is 0 Å². The summed E-state index contributed by atoms with van der Waals surface area (Å²) >= 11 is 0. The molecule has 0 fully saturated rings. The summed E-state index contributed by atoms with van der Waals surface area (Å²) in [5.41, 5.74) is 3.57. The van der Waals surface area contributed by atoms with Crippen LogP contribution in [0.5, 0.6) is 23.0 Å². The van der Waals surface area contributed by atoms with Gasteiger partial charge in [0.2, 0.25) is 0 Å². The lowest BCUT2D eigenvalue weighted by Gasteiger charge is -2.19. The van der Waals surface area contributed by atoms with Crippen molar-refractivity contribution in [1.82, 2.24) is 9.97 Å². The number of nitrogens with zero attached hydrogens (tertiary/aromatic N) is 3. The molecule has 0 aliphatic carbocycles. The predicted octanol–water partition coefficient (Wildman–Crippen LogP) is 15.9. The van der Waals surface area contributed by atoms with Gasteiger partial charge in [-0.05, 0) is 78.9 Å². The molecule has 5 rings (SSSR count). The van der Waals surface area contributed by atoms with Crippen molar-refractivity contribution in [2.24, 2.45) is 0 Å². The zero-order chi connectivity index (χ0) is 42.2. The molecule has 5 aromatic rings. The zero-order valence-corrected chi connectivity index (χ0v) is 37.8. The van der Waals surface area contributed by atoms with Crippen LogP contribution in [0.1, 0.15) is 187 Å². The fraction of sp³-hybridized carbons (Fsp3) is 0.604. The summed E-state index contributed by atoms with van der Waals surface area (Å²) in [5.74, 6) is 3.03. The molecule has 7 nitrogen and oxygen atoms in total. The first kappa shape index (κ1) is 46.8. The molecule has 0 aliphatic heterocycles. The lowest BCUT2D eigenvalue weighted by atomic mass is 9.97. The van der Waals surface area contributed by atoms with E-state index in [0.29, 0.717) is 37.5 Å². The van der Waals surface area contributed by atoms with Crippen LogP contribution in [0.3, 0.4) is 0 Å². The van der Waals surface area contributed by atoms with Gasteiger partial charge in [0.25, 0.3) is 0 Å². The van der Waals surface area contributed by atoms with E-state index in [1.807, 2.05) is 18.2 Å². The summed E-state index contributed by atoms with van der Waals surface area (Å²) in [7, 11) is 0. The molecule has 0 aliphatic rings. The monoisotopic (exact) mass is 818 g/mol. The van der Waals surface area contributed by atoms with Crippen LogP contribution in [-0.4, -0.2) is 36.4 Å². The third kappa shape index (κ3) is 14.1. The molecule has 0 unspecified atom stereocenters. The minimum Gasteiger partial charge on any atom is -0.490 e. The van der Waals surface area contributed by atoms with Gasteiger partial charge in [-0.3, -0.25) is 0 Å². The highest BCUT2D eigenvalue weighted by atomic mass is 16.5. The van der Waals surface area contributed by atoms with Gasteiger partial charge in [-0.2, -0.15) is 5.26 Å². The van der Waals surface area contributed by atoms with Crippen LogP contribution in [0.25, 0.3) is 43.6 Å². The summed E-state index contributed by atoms with van der Waals surface area (Å²) in [6.07, 6.45) is 28.8. The van der Waals surface area contributed by atoms with Crippen LogP contribution in [0, 0.1) is 11.3 Å². The first-order valence-electron chi connectivity index (χ1n) is 24.2. The average Bonchev–Trinajstić information content (AvgIpc) is 3.27. The fourth-order valence-corrected chi connectivity index (χ4v) is 8.17.